The molecule has 2 N–H and O–H groups in total. The lowest BCUT2D eigenvalue weighted by Crippen LogP contribution is -2.12. The molecule has 3 heteroatoms. The van der Waals surface area contributed by atoms with Crippen LogP contribution in [0.1, 0.15) is 23.6 Å². The van der Waals surface area contributed by atoms with Crippen LogP contribution in [-0.2, 0) is 0 Å². The van der Waals surface area contributed by atoms with Gasteiger partial charge in [-0.3, -0.25) is 4.39 Å². The van der Waals surface area contributed by atoms with E-state index in [0.29, 0.717) is 6.42 Å². The van der Waals surface area contributed by atoms with E-state index in [2.05, 4.69) is 0 Å². The van der Waals surface area contributed by atoms with Crippen LogP contribution in [0.25, 0.3) is 0 Å². The normalized spacial score (nSPS) is 11.9. The molecule has 13 heavy (non-hydrogen) atoms. The molecule has 0 amide bonds. The minimum absolute atomic E-state index is 0. The fourth-order valence-corrected chi connectivity index (χ4v) is 1.28. The molecule has 0 unspecified atom stereocenters. The lowest BCUT2D eigenvalue weighted by Gasteiger charge is -2.12. The Morgan fingerprint density at radius 2 is 2.00 bits per heavy atom. The van der Waals surface area contributed by atoms with Gasteiger partial charge in [0.25, 0.3) is 0 Å². The second-order valence-corrected chi connectivity index (χ2v) is 2.94. The van der Waals surface area contributed by atoms with Gasteiger partial charge in [-0.05, 0) is 24.5 Å². The van der Waals surface area contributed by atoms with Crippen LogP contribution in [0.5, 0.6) is 0 Å². The van der Waals surface area contributed by atoms with Gasteiger partial charge >= 0.3 is 0 Å². The zero-order valence-corrected chi connectivity index (χ0v) is 8.48. The first-order valence-electron chi connectivity index (χ1n) is 4.12. The highest BCUT2D eigenvalue weighted by Crippen LogP contribution is 2.17. The number of alkyl halides is 1. The first kappa shape index (κ1) is 12.4. The molecular weight excluding hydrogens is 189 g/mol. The van der Waals surface area contributed by atoms with Gasteiger partial charge in [-0.25, -0.2) is 0 Å². The van der Waals surface area contributed by atoms with Crippen LogP contribution in [0.2, 0.25) is 0 Å². The Labute approximate surface area is 84.5 Å². The third kappa shape index (κ3) is 3.33. The second-order valence-electron chi connectivity index (χ2n) is 2.94. The number of rotatable bonds is 3. The van der Waals surface area contributed by atoms with Crippen molar-refractivity contribution in [3.05, 3.63) is 35.4 Å². The molecule has 0 heterocycles. The van der Waals surface area contributed by atoms with Crippen molar-refractivity contribution in [1.82, 2.24) is 0 Å². The van der Waals surface area contributed by atoms with Gasteiger partial charge in [0, 0.05) is 6.04 Å². The second kappa shape index (κ2) is 5.95. The van der Waals surface area contributed by atoms with Crippen LogP contribution in [0, 0.1) is 6.92 Å². The van der Waals surface area contributed by atoms with Crippen LogP contribution in [0.4, 0.5) is 4.39 Å². The molecule has 0 aliphatic carbocycles. The Balaban J connectivity index is 0.00000144. The highest BCUT2D eigenvalue weighted by atomic mass is 35.5. The molecular formula is C10H15ClFN. The van der Waals surface area contributed by atoms with Gasteiger partial charge in [0.1, 0.15) is 0 Å². The number of nitrogens with two attached hydrogens (primary N) is 1. The molecule has 0 saturated carbocycles. The zero-order chi connectivity index (χ0) is 8.97. The van der Waals surface area contributed by atoms with Gasteiger partial charge in [0.2, 0.25) is 0 Å². The minimum Gasteiger partial charge on any atom is -0.324 e. The van der Waals surface area contributed by atoms with Gasteiger partial charge in [-0.1, -0.05) is 24.3 Å². The fourth-order valence-electron chi connectivity index (χ4n) is 1.28. The molecule has 0 aliphatic heterocycles. The number of benzene rings is 1. The summed E-state index contributed by atoms with van der Waals surface area (Å²) in [5.74, 6) is 0. The molecule has 0 fully saturated rings. The van der Waals surface area contributed by atoms with E-state index >= 15 is 0 Å². The molecule has 1 rings (SSSR count). The van der Waals surface area contributed by atoms with Crippen LogP contribution in [0.3, 0.4) is 0 Å². The van der Waals surface area contributed by atoms with E-state index in [1.165, 1.54) is 0 Å². The maximum atomic E-state index is 12.0. The number of hydrogen-bond donors (Lipinski definition) is 1. The maximum Gasteiger partial charge on any atom is 0.0912 e. The molecule has 1 atom stereocenters. The van der Waals surface area contributed by atoms with Gasteiger partial charge in [0.05, 0.1) is 6.67 Å². The van der Waals surface area contributed by atoms with Crippen LogP contribution in [-0.4, -0.2) is 6.67 Å². The molecule has 0 bridgehead atoms. The summed E-state index contributed by atoms with van der Waals surface area (Å²) in [6, 6.07) is 7.68. The smallest absolute Gasteiger partial charge is 0.0912 e. The minimum atomic E-state index is -0.352. The summed E-state index contributed by atoms with van der Waals surface area (Å²) in [6.45, 7) is 1.64. The molecule has 1 aromatic carbocycles. The highest BCUT2D eigenvalue weighted by Gasteiger charge is 2.06. The van der Waals surface area contributed by atoms with E-state index in [4.69, 9.17) is 5.73 Å². The average molecular weight is 204 g/mol. The quantitative estimate of drug-likeness (QED) is 0.804. The van der Waals surface area contributed by atoms with Gasteiger partial charge in [0.15, 0.2) is 0 Å². The SMILES string of the molecule is Cc1ccccc1[C@H](N)CCF.Cl. The highest BCUT2D eigenvalue weighted by molar-refractivity contribution is 5.85. The Bertz CT molecular complexity index is 252. The van der Waals surface area contributed by atoms with Crippen molar-refractivity contribution in [2.24, 2.45) is 5.73 Å². The summed E-state index contributed by atoms with van der Waals surface area (Å²) in [7, 11) is 0. The predicted molar refractivity (Wildman–Crippen MR) is 55.9 cm³/mol. The lowest BCUT2D eigenvalue weighted by molar-refractivity contribution is 0.441. The largest absolute Gasteiger partial charge is 0.324 e. The van der Waals surface area contributed by atoms with E-state index < -0.39 is 0 Å². The maximum absolute atomic E-state index is 12.0. The van der Waals surface area contributed by atoms with Crippen molar-refractivity contribution >= 4 is 12.4 Å². The van der Waals surface area contributed by atoms with Gasteiger partial charge in [-0.2, -0.15) is 0 Å². The van der Waals surface area contributed by atoms with E-state index in [1.54, 1.807) is 0 Å². The monoisotopic (exact) mass is 203 g/mol. The summed E-state index contributed by atoms with van der Waals surface area (Å²) >= 11 is 0. The van der Waals surface area contributed by atoms with Gasteiger partial charge in [-0.15, -0.1) is 12.4 Å². The lowest BCUT2D eigenvalue weighted by atomic mass is 10.0. The van der Waals surface area contributed by atoms with Crippen molar-refractivity contribution in [2.75, 3.05) is 6.67 Å². The number of halogens is 2. The van der Waals surface area contributed by atoms with E-state index in [-0.39, 0.29) is 25.1 Å². The molecule has 1 nitrogen and oxygen atoms in total. The summed E-state index contributed by atoms with van der Waals surface area (Å²) in [4.78, 5) is 0. The zero-order valence-electron chi connectivity index (χ0n) is 7.66. The van der Waals surface area contributed by atoms with Crippen LogP contribution >= 0.6 is 12.4 Å². The first-order valence-corrected chi connectivity index (χ1v) is 4.12. The van der Waals surface area contributed by atoms with E-state index in [1.807, 2.05) is 31.2 Å². The number of aryl methyl sites for hydroxylation is 1. The van der Waals surface area contributed by atoms with Crippen LogP contribution in [0.15, 0.2) is 24.3 Å². The third-order valence-electron chi connectivity index (χ3n) is 2.01. The van der Waals surface area contributed by atoms with Crippen molar-refractivity contribution in [3.8, 4) is 0 Å². The standard InChI is InChI=1S/C10H14FN.ClH/c1-8-4-2-3-5-9(8)10(12)6-7-11;/h2-5,10H,6-7,12H2,1H3;1H/t10-;/m1./s1. The Morgan fingerprint density at radius 1 is 1.38 bits per heavy atom. The Hall–Kier alpha value is -0.600. The number of hydrogen-bond acceptors (Lipinski definition) is 1. The Morgan fingerprint density at radius 3 is 2.54 bits per heavy atom. The van der Waals surface area contributed by atoms with Crippen molar-refractivity contribution in [1.29, 1.82) is 0 Å². The summed E-state index contributed by atoms with van der Waals surface area (Å²) in [6.07, 6.45) is 0.408. The summed E-state index contributed by atoms with van der Waals surface area (Å²) in [5.41, 5.74) is 7.95. The van der Waals surface area contributed by atoms with Gasteiger partial charge < -0.3 is 5.73 Å². The topological polar surface area (TPSA) is 26.0 Å². The van der Waals surface area contributed by atoms with E-state index in [0.717, 1.165) is 11.1 Å². The summed E-state index contributed by atoms with van der Waals surface area (Å²) in [5, 5.41) is 0. The third-order valence-corrected chi connectivity index (χ3v) is 2.01. The first-order chi connectivity index (χ1) is 5.75. The molecule has 0 saturated heterocycles. The predicted octanol–water partition coefficient (Wildman–Crippen LogP) is 2.78. The summed E-state index contributed by atoms with van der Waals surface area (Å²) < 4.78 is 12.0. The molecule has 74 valence electrons. The fraction of sp³-hybridized carbons (Fsp3) is 0.400. The van der Waals surface area contributed by atoms with Crippen molar-refractivity contribution < 1.29 is 4.39 Å². The molecule has 1 aromatic rings. The van der Waals surface area contributed by atoms with E-state index in [9.17, 15) is 4.39 Å². The van der Waals surface area contributed by atoms with Crippen molar-refractivity contribution in [3.63, 3.8) is 0 Å². The average Bonchev–Trinajstić information content (AvgIpc) is 2.05. The molecule has 0 aromatic heterocycles. The Kier molecular flexibility index (Phi) is 5.67. The van der Waals surface area contributed by atoms with Crippen LogP contribution < -0.4 is 5.73 Å². The van der Waals surface area contributed by atoms with Crippen molar-refractivity contribution in [2.45, 2.75) is 19.4 Å². The molecule has 0 aliphatic rings. The molecule has 0 radical (unpaired) electrons. The molecule has 0 spiro atoms.